The molecule has 0 aliphatic carbocycles. The molecule has 142 valence electrons. The molecule has 1 aromatic rings. The van der Waals surface area contributed by atoms with Crippen LogP contribution in [0.2, 0.25) is 0 Å². The van der Waals surface area contributed by atoms with Crippen molar-refractivity contribution in [3.63, 3.8) is 0 Å². The van der Waals surface area contributed by atoms with Crippen molar-refractivity contribution in [2.45, 2.75) is 46.1 Å². The van der Waals surface area contributed by atoms with E-state index >= 15 is 0 Å². The molecule has 0 spiro atoms. The first kappa shape index (κ1) is 21.7. The first-order valence-electron chi connectivity index (χ1n) is 8.66. The highest BCUT2D eigenvalue weighted by Gasteiger charge is 2.18. The van der Waals surface area contributed by atoms with E-state index in [0.29, 0.717) is 5.96 Å². The van der Waals surface area contributed by atoms with E-state index in [0.717, 1.165) is 38.0 Å². The molecule has 1 aliphatic heterocycles. The van der Waals surface area contributed by atoms with Gasteiger partial charge in [-0.25, -0.2) is 0 Å². The lowest BCUT2D eigenvalue weighted by Crippen LogP contribution is -2.47. The molecule has 1 amide bonds. The summed E-state index contributed by atoms with van der Waals surface area (Å²) in [6.07, 6.45) is 3.09. The Morgan fingerprint density at radius 1 is 1.32 bits per heavy atom. The van der Waals surface area contributed by atoms with Crippen molar-refractivity contribution in [1.82, 2.24) is 25.3 Å². The quantitative estimate of drug-likeness (QED) is 0.394. The van der Waals surface area contributed by atoms with Crippen LogP contribution in [0.1, 0.15) is 36.7 Å². The average Bonchev–Trinajstić information content (AvgIpc) is 3.16. The summed E-state index contributed by atoms with van der Waals surface area (Å²) in [7, 11) is 3.69. The highest BCUT2D eigenvalue weighted by Crippen LogP contribution is 2.14. The Labute approximate surface area is 167 Å². The summed E-state index contributed by atoms with van der Waals surface area (Å²) >= 11 is 0. The van der Waals surface area contributed by atoms with Crippen LogP contribution in [0.4, 0.5) is 0 Å². The van der Waals surface area contributed by atoms with Gasteiger partial charge in [-0.1, -0.05) is 0 Å². The van der Waals surface area contributed by atoms with E-state index in [4.69, 9.17) is 0 Å². The Bertz CT molecular complexity index is 607. The van der Waals surface area contributed by atoms with Crippen molar-refractivity contribution in [1.29, 1.82) is 0 Å². The largest absolute Gasteiger partial charge is 0.354 e. The van der Waals surface area contributed by atoms with E-state index in [1.165, 1.54) is 11.3 Å². The molecule has 1 aliphatic rings. The molecule has 7 nitrogen and oxygen atoms in total. The molecule has 0 bridgehead atoms. The van der Waals surface area contributed by atoms with Gasteiger partial charge < -0.3 is 15.5 Å². The molecule has 25 heavy (non-hydrogen) atoms. The summed E-state index contributed by atoms with van der Waals surface area (Å²) in [5.74, 6) is 0.802. The minimum Gasteiger partial charge on any atom is -0.354 e. The average molecular weight is 462 g/mol. The molecule has 0 aromatic carbocycles. The highest BCUT2D eigenvalue weighted by molar-refractivity contribution is 14.0. The molecule has 1 aromatic heterocycles. The van der Waals surface area contributed by atoms with Crippen molar-refractivity contribution in [2.24, 2.45) is 12.0 Å². The third-order valence-electron chi connectivity index (χ3n) is 4.64. The zero-order valence-corrected chi connectivity index (χ0v) is 18.3. The van der Waals surface area contributed by atoms with Crippen LogP contribution in [0.15, 0.2) is 4.99 Å². The van der Waals surface area contributed by atoms with Crippen LogP contribution in [0.3, 0.4) is 0 Å². The van der Waals surface area contributed by atoms with Crippen LogP contribution in [0.5, 0.6) is 0 Å². The first-order chi connectivity index (χ1) is 11.4. The minimum atomic E-state index is 0. The lowest BCUT2D eigenvalue weighted by atomic mass is 10.1. The number of aromatic nitrogens is 2. The van der Waals surface area contributed by atoms with Gasteiger partial charge >= 0.3 is 0 Å². The van der Waals surface area contributed by atoms with E-state index in [2.05, 4.69) is 34.6 Å². The number of halogens is 1. The van der Waals surface area contributed by atoms with Crippen molar-refractivity contribution in [3.8, 4) is 0 Å². The summed E-state index contributed by atoms with van der Waals surface area (Å²) < 4.78 is 1.92. The number of hydrogen-bond donors (Lipinski definition) is 2. The van der Waals surface area contributed by atoms with Gasteiger partial charge in [-0.15, -0.1) is 24.0 Å². The monoisotopic (exact) mass is 462 g/mol. The Kier molecular flexibility index (Phi) is 8.67. The maximum Gasteiger partial charge on any atom is 0.241 e. The smallest absolute Gasteiger partial charge is 0.241 e. The number of nitrogens with one attached hydrogen (secondary N) is 2. The van der Waals surface area contributed by atoms with E-state index in [1.807, 2.05) is 23.6 Å². The number of likely N-dealkylation sites (tertiary alicyclic amines) is 1. The zero-order valence-electron chi connectivity index (χ0n) is 15.9. The van der Waals surface area contributed by atoms with E-state index in [-0.39, 0.29) is 42.5 Å². The lowest BCUT2D eigenvalue weighted by Gasteiger charge is -2.20. The van der Waals surface area contributed by atoms with Crippen LogP contribution in [0.25, 0.3) is 0 Å². The molecular weight excluding hydrogens is 431 g/mol. The van der Waals surface area contributed by atoms with E-state index in [9.17, 15) is 4.79 Å². The van der Waals surface area contributed by atoms with Gasteiger partial charge in [0.05, 0.1) is 12.2 Å². The molecule has 0 radical (unpaired) electrons. The van der Waals surface area contributed by atoms with Crippen LogP contribution in [-0.2, 0) is 18.3 Å². The maximum atomic E-state index is 12.1. The molecule has 1 unspecified atom stereocenters. The molecule has 2 heterocycles. The fourth-order valence-corrected chi connectivity index (χ4v) is 3.14. The molecule has 1 saturated heterocycles. The summed E-state index contributed by atoms with van der Waals surface area (Å²) in [4.78, 5) is 18.2. The fourth-order valence-electron chi connectivity index (χ4n) is 3.14. The third-order valence-corrected chi connectivity index (χ3v) is 4.64. The Balaban J connectivity index is 0.00000312. The number of carbonyl (C=O) groups excluding carboxylic acids is 1. The summed E-state index contributed by atoms with van der Waals surface area (Å²) in [6, 6.07) is 0.194. The van der Waals surface area contributed by atoms with Crippen LogP contribution >= 0.6 is 24.0 Å². The maximum absolute atomic E-state index is 12.1. The van der Waals surface area contributed by atoms with Gasteiger partial charge in [-0.3, -0.25) is 14.5 Å². The summed E-state index contributed by atoms with van der Waals surface area (Å²) in [5, 5.41) is 10.9. The van der Waals surface area contributed by atoms with E-state index < -0.39 is 0 Å². The third kappa shape index (κ3) is 5.86. The lowest BCUT2D eigenvalue weighted by molar-refractivity contribution is -0.128. The van der Waals surface area contributed by atoms with Crippen LogP contribution < -0.4 is 10.6 Å². The molecule has 1 atom stereocenters. The van der Waals surface area contributed by atoms with Crippen molar-refractivity contribution in [3.05, 3.63) is 17.0 Å². The molecular formula is C17H31IN6O. The number of aryl methyl sites for hydroxylation is 2. The number of amides is 1. The second-order valence-corrected chi connectivity index (χ2v) is 6.54. The molecule has 1 fully saturated rings. The van der Waals surface area contributed by atoms with Crippen molar-refractivity contribution < 1.29 is 4.79 Å². The Hall–Kier alpha value is -1.32. The number of nitrogens with zero attached hydrogens (tertiary/aromatic N) is 4. The van der Waals surface area contributed by atoms with Crippen LogP contribution in [0, 0.1) is 13.8 Å². The van der Waals surface area contributed by atoms with Gasteiger partial charge in [0, 0.05) is 38.9 Å². The van der Waals surface area contributed by atoms with Crippen molar-refractivity contribution >= 4 is 35.8 Å². The molecule has 8 heteroatoms. The number of guanidine groups is 1. The fraction of sp³-hybridized carbons (Fsp3) is 0.706. The standard InChI is InChI=1S/C17H30N6O.HI/c1-12(10-15-13(2)21-22(5)14(15)3)20-17(18-4)19-11-16(24)23-8-6-7-9-23;/h12H,6-11H2,1-5H3,(H2,18,19,20);1H. The Morgan fingerprint density at radius 2 is 1.96 bits per heavy atom. The number of aliphatic imine (C=N–C) groups is 1. The van der Waals surface area contributed by atoms with Gasteiger partial charge in [-0.05, 0) is 45.6 Å². The van der Waals surface area contributed by atoms with Crippen LogP contribution in [-0.4, -0.2) is 59.3 Å². The van der Waals surface area contributed by atoms with E-state index in [1.54, 1.807) is 7.05 Å². The van der Waals surface area contributed by atoms with Gasteiger partial charge in [-0.2, -0.15) is 5.10 Å². The first-order valence-corrected chi connectivity index (χ1v) is 8.66. The second kappa shape index (κ2) is 9.98. The molecule has 2 rings (SSSR count). The highest BCUT2D eigenvalue weighted by atomic mass is 127. The SMILES string of the molecule is CN=C(NCC(=O)N1CCCC1)NC(C)Cc1c(C)nn(C)c1C.I. The summed E-state index contributed by atoms with van der Waals surface area (Å²) in [6.45, 7) is 8.28. The molecule has 0 saturated carbocycles. The van der Waals surface area contributed by atoms with Gasteiger partial charge in [0.2, 0.25) is 5.91 Å². The van der Waals surface area contributed by atoms with Gasteiger partial charge in [0.1, 0.15) is 0 Å². The topological polar surface area (TPSA) is 74.6 Å². The predicted octanol–water partition coefficient (Wildman–Crippen LogP) is 1.37. The Morgan fingerprint density at radius 3 is 2.48 bits per heavy atom. The summed E-state index contributed by atoms with van der Waals surface area (Å²) in [5.41, 5.74) is 3.52. The zero-order chi connectivity index (χ0) is 17.7. The normalized spacial score (nSPS) is 15.7. The predicted molar refractivity (Wildman–Crippen MR) is 112 cm³/mol. The number of carbonyl (C=O) groups is 1. The van der Waals surface area contributed by atoms with Crippen molar-refractivity contribution in [2.75, 3.05) is 26.7 Å². The van der Waals surface area contributed by atoms with Gasteiger partial charge in [0.15, 0.2) is 5.96 Å². The minimum absolute atomic E-state index is 0. The number of rotatable bonds is 5. The second-order valence-electron chi connectivity index (χ2n) is 6.54. The molecule has 2 N–H and O–H groups in total. The number of hydrogen-bond acceptors (Lipinski definition) is 3. The van der Waals surface area contributed by atoms with Gasteiger partial charge in [0.25, 0.3) is 0 Å².